The molecule has 1 fully saturated rings. The van der Waals surface area contributed by atoms with E-state index < -0.39 is 0 Å². The maximum Gasteiger partial charge on any atom is 0.0202 e. The van der Waals surface area contributed by atoms with Crippen molar-refractivity contribution < 1.29 is 0 Å². The lowest BCUT2D eigenvalue weighted by Crippen LogP contribution is -2.56. The summed E-state index contributed by atoms with van der Waals surface area (Å²) in [5.41, 5.74) is 3.33. The van der Waals surface area contributed by atoms with Gasteiger partial charge in [0.1, 0.15) is 0 Å². The molecule has 0 aliphatic carbocycles. The van der Waals surface area contributed by atoms with Crippen LogP contribution >= 0.6 is 0 Å². The van der Waals surface area contributed by atoms with E-state index in [2.05, 4.69) is 43.4 Å². The van der Waals surface area contributed by atoms with Crippen LogP contribution < -0.4 is 5.32 Å². The summed E-state index contributed by atoms with van der Waals surface area (Å²) < 4.78 is 0. The molecule has 1 heterocycles. The highest BCUT2D eigenvalue weighted by molar-refractivity contribution is 5.32. The van der Waals surface area contributed by atoms with Crippen LogP contribution in [0.15, 0.2) is 24.3 Å². The van der Waals surface area contributed by atoms with Crippen molar-refractivity contribution in [3.8, 4) is 0 Å². The molecule has 0 saturated carbocycles. The second-order valence-corrected chi connectivity index (χ2v) is 4.85. The Morgan fingerprint density at radius 1 is 1.20 bits per heavy atom. The summed E-state index contributed by atoms with van der Waals surface area (Å²) in [6, 6.07) is 9.10. The summed E-state index contributed by atoms with van der Waals surface area (Å²) in [6.45, 7) is 6.75. The topological polar surface area (TPSA) is 12.0 Å². The van der Waals surface area contributed by atoms with Crippen molar-refractivity contribution in [3.05, 3.63) is 35.4 Å². The Balaban J connectivity index is 2.14. The third-order valence-corrected chi connectivity index (χ3v) is 3.60. The fourth-order valence-electron chi connectivity index (χ4n) is 2.37. The Morgan fingerprint density at radius 2 is 1.87 bits per heavy atom. The summed E-state index contributed by atoms with van der Waals surface area (Å²) >= 11 is 0. The van der Waals surface area contributed by atoms with Crippen molar-refractivity contribution in [2.75, 3.05) is 13.1 Å². The van der Waals surface area contributed by atoms with E-state index in [1.807, 2.05) is 0 Å². The van der Waals surface area contributed by atoms with E-state index in [0.29, 0.717) is 5.41 Å². The van der Waals surface area contributed by atoms with Crippen LogP contribution in [0.5, 0.6) is 0 Å². The molecular formula is C14H21N. The van der Waals surface area contributed by atoms with Gasteiger partial charge in [-0.3, -0.25) is 0 Å². The average molecular weight is 203 g/mol. The SMILES string of the molecule is CCCCC1(c2ccc(C)cc2)CNC1. The second kappa shape index (κ2) is 4.36. The van der Waals surface area contributed by atoms with Crippen LogP contribution in [-0.2, 0) is 5.41 Å². The maximum absolute atomic E-state index is 3.42. The third-order valence-electron chi connectivity index (χ3n) is 3.60. The van der Waals surface area contributed by atoms with E-state index in [1.165, 1.54) is 30.4 Å². The molecule has 1 aliphatic heterocycles. The molecular weight excluding hydrogens is 182 g/mol. The van der Waals surface area contributed by atoms with Crippen molar-refractivity contribution in [3.63, 3.8) is 0 Å². The van der Waals surface area contributed by atoms with Crippen LogP contribution in [0, 0.1) is 6.92 Å². The lowest BCUT2D eigenvalue weighted by Gasteiger charge is -2.43. The molecule has 1 heteroatoms. The van der Waals surface area contributed by atoms with Crippen molar-refractivity contribution in [2.45, 2.75) is 38.5 Å². The minimum atomic E-state index is 0.448. The second-order valence-electron chi connectivity index (χ2n) is 4.85. The van der Waals surface area contributed by atoms with Gasteiger partial charge in [-0.1, -0.05) is 49.6 Å². The summed E-state index contributed by atoms with van der Waals surface area (Å²) in [4.78, 5) is 0. The first kappa shape index (κ1) is 10.7. The zero-order valence-electron chi connectivity index (χ0n) is 9.84. The summed E-state index contributed by atoms with van der Waals surface area (Å²) in [5, 5.41) is 3.42. The van der Waals surface area contributed by atoms with Crippen molar-refractivity contribution in [1.82, 2.24) is 5.32 Å². The first-order chi connectivity index (χ1) is 7.27. The highest BCUT2D eigenvalue weighted by atomic mass is 15.0. The Morgan fingerprint density at radius 3 is 2.33 bits per heavy atom. The number of unbranched alkanes of at least 4 members (excludes halogenated alkanes) is 1. The van der Waals surface area contributed by atoms with Gasteiger partial charge in [0.05, 0.1) is 0 Å². The van der Waals surface area contributed by atoms with Crippen LogP contribution in [-0.4, -0.2) is 13.1 Å². The summed E-state index contributed by atoms with van der Waals surface area (Å²) in [6.07, 6.45) is 3.97. The third kappa shape index (κ3) is 2.07. The van der Waals surface area contributed by atoms with Crippen LogP contribution in [0.3, 0.4) is 0 Å². The Kier molecular flexibility index (Phi) is 3.11. The van der Waals surface area contributed by atoms with E-state index in [0.717, 1.165) is 13.1 Å². The van der Waals surface area contributed by atoms with Gasteiger partial charge in [0.2, 0.25) is 0 Å². The quantitative estimate of drug-likeness (QED) is 0.793. The number of rotatable bonds is 4. The number of aryl methyl sites for hydroxylation is 1. The summed E-state index contributed by atoms with van der Waals surface area (Å²) in [5.74, 6) is 0. The largest absolute Gasteiger partial charge is 0.315 e. The minimum Gasteiger partial charge on any atom is -0.315 e. The van der Waals surface area contributed by atoms with Crippen LogP contribution in [0.2, 0.25) is 0 Å². The van der Waals surface area contributed by atoms with Crippen LogP contribution in [0.4, 0.5) is 0 Å². The molecule has 1 nitrogen and oxygen atoms in total. The number of nitrogens with one attached hydrogen (secondary N) is 1. The van der Waals surface area contributed by atoms with E-state index in [1.54, 1.807) is 0 Å². The molecule has 1 N–H and O–H groups in total. The van der Waals surface area contributed by atoms with E-state index >= 15 is 0 Å². The Hall–Kier alpha value is -0.820. The van der Waals surface area contributed by atoms with E-state index in [9.17, 15) is 0 Å². The normalized spacial score (nSPS) is 18.5. The van der Waals surface area contributed by atoms with E-state index in [-0.39, 0.29) is 0 Å². The fourth-order valence-corrected chi connectivity index (χ4v) is 2.37. The van der Waals surface area contributed by atoms with Crippen molar-refractivity contribution in [1.29, 1.82) is 0 Å². The highest BCUT2D eigenvalue weighted by Gasteiger charge is 2.37. The van der Waals surface area contributed by atoms with Gasteiger partial charge in [0.25, 0.3) is 0 Å². The molecule has 1 aromatic rings. The van der Waals surface area contributed by atoms with Crippen LogP contribution in [0.25, 0.3) is 0 Å². The van der Waals surface area contributed by atoms with Gasteiger partial charge in [-0.2, -0.15) is 0 Å². The van der Waals surface area contributed by atoms with Crippen molar-refractivity contribution in [2.24, 2.45) is 0 Å². The van der Waals surface area contributed by atoms with Gasteiger partial charge >= 0.3 is 0 Å². The smallest absolute Gasteiger partial charge is 0.0202 e. The molecule has 1 aliphatic rings. The fraction of sp³-hybridized carbons (Fsp3) is 0.571. The van der Waals surface area contributed by atoms with Gasteiger partial charge in [0, 0.05) is 18.5 Å². The van der Waals surface area contributed by atoms with Gasteiger partial charge in [-0.25, -0.2) is 0 Å². The van der Waals surface area contributed by atoms with E-state index in [4.69, 9.17) is 0 Å². The Labute approximate surface area is 92.9 Å². The molecule has 0 radical (unpaired) electrons. The predicted molar refractivity (Wildman–Crippen MR) is 65.3 cm³/mol. The molecule has 1 saturated heterocycles. The van der Waals surface area contributed by atoms with Crippen molar-refractivity contribution >= 4 is 0 Å². The van der Waals surface area contributed by atoms with Crippen LogP contribution in [0.1, 0.15) is 37.3 Å². The molecule has 0 aromatic heterocycles. The molecule has 2 rings (SSSR count). The number of benzene rings is 1. The molecule has 0 bridgehead atoms. The Bertz CT molecular complexity index is 309. The zero-order valence-corrected chi connectivity index (χ0v) is 9.84. The highest BCUT2D eigenvalue weighted by Crippen LogP contribution is 2.33. The molecule has 82 valence electrons. The monoisotopic (exact) mass is 203 g/mol. The summed E-state index contributed by atoms with van der Waals surface area (Å²) in [7, 11) is 0. The standard InChI is InChI=1S/C14H21N/c1-3-4-9-14(10-15-11-14)13-7-5-12(2)6-8-13/h5-8,15H,3-4,9-11H2,1-2H3. The number of hydrogen-bond donors (Lipinski definition) is 1. The predicted octanol–water partition coefficient (Wildman–Crippen LogP) is 3.03. The maximum atomic E-state index is 3.42. The first-order valence-corrected chi connectivity index (χ1v) is 6.05. The lowest BCUT2D eigenvalue weighted by molar-refractivity contribution is 0.251. The zero-order chi connectivity index (χ0) is 10.7. The van der Waals surface area contributed by atoms with Gasteiger partial charge in [-0.05, 0) is 18.9 Å². The molecule has 0 amide bonds. The number of hydrogen-bond acceptors (Lipinski definition) is 1. The molecule has 0 atom stereocenters. The average Bonchev–Trinajstić information content (AvgIpc) is 2.19. The van der Waals surface area contributed by atoms with Gasteiger partial charge < -0.3 is 5.32 Å². The molecule has 0 spiro atoms. The molecule has 15 heavy (non-hydrogen) atoms. The minimum absolute atomic E-state index is 0.448. The molecule has 0 unspecified atom stereocenters. The lowest BCUT2D eigenvalue weighted by atomic mass is 9.71. The first-order valence-electron chi connectivity index (χ1n) is 6.05. The van der Waals surface area contributed by atoms with Gasteiger partial charge in [0.15, 0.2) is 0 Å². The molecule has 1 aromatic carbocycles. The van der Waals surface area contributed by atoms with Gasteiger partial charge in [-0.15, -0.1) is 0 Å².